The van der Waals surface area contributed by atoms with E-state index in [1.807, 2.05) is 6.08 Å². The number of nitrogens with two attached hydrogens (primary N) is 2. The lowest BCUT2D eigenvalue weighted by Gasteiger charge is -2.09. The molecule has 1 aliphatic rings. The molecule has 0 fully saturated rings. The van der Waals surface area contributed by atoms with Crippen molar-refractivity contribution in [3.05, 3.63) is 23.8 Å². The molecule has 4 N–H and O–H groups in total. The van der Waals surface area contributed by atoms with Crippen LogP contribution in [0.4, 0.5) is 0 Å². The SMILES string of the molecule is NC(N)C1=CCCC=C1. The van der Waals surface area contributed by atoms with Gasteiger partial charge in [0.2, 0.25) is 0 Å². The van der Waals surface area contributed by atoms with E-state index >= 15 is 0 Å². The van der Waals surface area contributed by atoms with Crippen LogP contribution >= 0.6 is 0 Å². The molecule has 0 atom stereocenters. The zero-order valence-electron chi connectivity index (χ0n) is 5.38. The first-order chi connectivity index (χ1) is 4.30. The van der Waals surface area contributed by atoms with Crippen LogP contribution in [0.1, 0.15) is 12.8 Å². The molecule has 0 saturated heterocycles. The van der Waals surface area contributed by atoms with Gasteiger partial charge in [0.05, 0.1) is 6.17 Å². The molecule has 0 unspecified atom stereocenters. The fourth-order valence-corrected chi connectivity index (χ4v) is 0.881. The standard InChI is InChI=1S/C7H12N2/c8-7(9)6-4-2-1-3-5-6/h2,4-5,7H,1,3,8-9H2. The lowest BCUT2D eigenvalue weighted by molar-refractivity contribution is 0.818. The van der Waals surface area contributed by atoms with E-state index in [9.17, 15) is 0 Å². The minimum absolute atomic E-state index is 0.290. The summed E-state index contributed by atoms with van der Waals surface area (Å²) >= 11 is 0. The van der Waals surface area contributed by atoms with Crippen molar-refractivity contribution in [3.63, 3.8) is 0 Å². The van der Waals surface area contributed by atoms with Crippen molar-refractivity contribution >= 4 is 0 Å². The van der Waals surface area contributed by atoms with Gasteiger partial charge in [-0.1, -0.05) is 18.2 Å². The van der Waals surface area contributed by atoms with Crippen molar-refractivity contribution in [2.75, 3.05) is 0 Å². The van der Waals surface area contributed by atoms with Crippen LogP contribution in [0.3, 0.4) is 0 Å². The third-order valence-corrected chi connectivity index (χ3v) is 1.41. The average molecular weight is 124 g/mol. The molecular weight excluding hydrogens is 112 g/mol. The first kappa shape index (κ1) is 6.52. The molecule has 1 rings (SSSR count). The highest BCUT2D eigenvalue weighted by Crippen LogP contribution is 2.09. The maximum atomic E-state index is 5.43. The number of hydrogen-bond acceptors (Lipinski definition) is 2. The van der Waals surface area contributed by atoms with E-state index in [-0.39, 0.29) is 6.17 Å². The summed E-state index contributed by atoms with van der Waals surface area (Å²) in [6.45, 7) is 0. The average Bonchev–Trinajstić information content (AvgIpc) is 1.90. The van der Waals surface area contributed by atoms with E-state index in [4.69, 9.17) is 11.5 Å². The van der Waals surface area contributed by atoms with Crippen LogP contribution in [0.25, 0.3) is 0 Å². The van der Waals surface area contributed by atoms with Gasteiger partial charge in [0.25, 0.3) is 0 Å². The summed E-state index contributed by atoms with van der Waals surface area (Å²) in [6.07, 6.45) is 8.09. The Kier molecular flexibility index (Phi) is 2.03. The highest BCUT2D eigenvalue weighted by atomic mass is 14.8. The topological polar surface area (TPSA) is 52.0 Å². The molecule has 0 aromatic heterocycles. The van der Waals surface area contributed by atoms with Crippen molar-refractivity contribution in [1.29, 1.82) is 0 Å². The summed E-state index contributed by atoms with van der Waals surface area (Å²) in [5, 5.41) is 0. The Labute approximate surface area is 55.2 Å². The predicted octanol–water partition coefficient (Wildman–Crippen LogP) is 0.506. The van der Waals surface area contributed by atoms with Crippen LogP contribution in [0.2, 0.25) is 0 Å². The second-order valence-electron chi connectivity index (χ2n) is 2.21. The number of allylic oxidation sites excluding steroid dienone is 2. The van der Waals surface area contributed by atoms with Gasteiger partial charge in [-0.3, -0.25) is 0 Å². The number of rotatable bonds is 1. The van der Waals surface area contributed by atoms with Gasteiger partial charge in [-0.15, -0.1) is 0 Å². The van der Waals surface area contributed by atoms with Gasteiger partial charge in [0.1, 0.15) is 0 Å². The van der Waals surface area contributed by atoms with Gasteiger partial charge in [-0.05, 0) is 18.4 Å². The van der Waals surface area contributed by atoms with E-state index < -0.39 is 0 Å². The lowest BCUT2D eigenvalue weighted by atomic mass is 10.1. The van der Waals surface area contributed by atoms with Crippen molar-refractivity contribution < 1.29 is 0 Å². The van der Waals surface area contributed by atoms with E-state index in [2.05, 4.69) is 12.2 Å². The number of hydrogen-bond donors (Lipinski definition) is 2. The van der Waals surface area contributed by atoms with E-state index in [0.717, 1.165) is 18.4 Å². The Hall–Kier alpha value is -0.600. The third kappa shape index (κ3) is 1.66. The first-order valence-corrected chi connectivity index (χ1v) is 3.18. The molecule has 0 saturated carbocycles. The second kappa shape index (κ2) is 2.80. The van der Waals surface area contributed by atoms with Crippen LogP contribution in [0.15, 0.2) is 23.8 Å². The zero-order valence-corrected chi connectivity index (χ0v) is 5.38. The van der Waals surface area contributed by atoms with Crippen LogP contribution in [-0.4, -0.2) is 6.17 Å². The molecule has 0 amide bonds. The summed E-state index contributed by atoms with van der Waals surface area (Å²) < 4.78 is 0. The molecule has 0 aliphatic heterocycles. The summed E-state index contributed by atoms with van der Waals surface area (Å²) in [4.78, 5) is 0. The molecule has 0 bridgehead atoms. The van der Waals surface area contributed by atoms with Crippen molar-refractivity contribution in [2.24, 2.45) is 11.5 Å². The quantitative estimate of drug-likeness (QED) is 0.500. The second-order valence-corrected chi connectivity index (χ2v) is 2.21. The lowest BCUT2D eigenvalue weighted by Crippen LogP contribution is -2.32. The fraction of sp³-hybridized carbons (Fsp3) is 0.429. The minimum Gasteiger partial charge on any atom is -0.312 e. The summed E-state index contributed by atoms with van der Waals surface area (Å²) in [5.74, 6) is 0. The Bertz CT molecular complexity index is 145. The van der Waals surface area contributed by atoms with Gasteiger partial charge in [-0.25, -0.2) is 0 Å². The predicted molar refractivity (Wildman–Crippen MR) is 38.6 cm³/mol. The normalized spacial score (nSPS) is 18.3. The van der Waals surface area contributed by atoms with E-state index in [1.165, 1.54) is 0 Å². The van der Waals surface area contributed by atoms with Gasteiger partial charge in [0.15, 0.2) is 0 Å². The third-order valence-electron chi connectivity index (χ3n) is 1.41. The van der Waals surface area contributed by atoms with Crippen LogP contribution in [0.5, 0.6) is 0 Å². The first-order valence-electron chi connectivity index (χ1n) is 3.18. The maximum absolute atomic E-state index is 5.43. The molecule has 9 heavy (non-hydrogen) atoms. The summed E-state index contributed by atoms with van der Waals surface area (Å²) in [5.41, 5.74) is 11.9. The van der Waals surface area contributed by atoms with Crippen molar-refractivity contribution in [2.45, 2.75) is 19.0 Å². The van der Waals surface area contributed by atoms with Crippen LogP contribution in [-0.2, 0) is 0 Å². The highest BCUT2D eigenvalue weighted by Gasteiger charge is 2.00. The molecular formula is C7H12N2. The Morgan fingerprint density at radius 1 is 1.33 bits per heavy atom. The van der Waals surface area contributed by atoms with Gasteiger partial charge >= 0.3 is 0 Å². The van der Waals surface area contributed by atoms with Crippen LogP contribution < -0.4 is 11.5 Å². The molecule has 0 spiro atoms. The Morgan fingerprint density at radius 2 is 2.11 bits per heavy atom. The molecule has 0 radical (unpaired) electrons. The van der Waals surface area contributed by atoms with Crippen LogP contribution in [0, 0.1) is 0 Å². The molecule has 50 valence electrons. The van der Waals surface area contributed by atoms with E-state index in [1.54, 1.807) is 0 Å². The molecule has 1 aliphatic carbocycles. The monoisotopic (exact) mass is 124 g/mol. The highest BCUT2D eigenvalue weighted by molar-refractivity contribution is 5.25. The largest absolute Gasteiger partial charge is 0.312 e. The summed E-state index contributed by atoms with van der Waals surface area (Å²) in [6, 6.07) is 0. The maximum Gasteiger partial charge on any atom is 0.0781 e. The fourth-order valence-electron chi connectivity index (χ4n) is 0.881. The minimum atomic E-state index is -0.290. The van der Waals surface area contributed by atoms with Gasteiger partial charge < -0.3 is 11.5 Å². The molecule has 2 nitrogen and oxygen atoms in total. The molecule has 2 heteroatoms. The Morgan fingerprint density at radius 3 is 2.44 bits per heavy atom. The molecule has 0 aromatic carbocycles. The van der Waals surface area contributed by atoms with Gasteiger partial charge in [-0.2, -0.15) is 0 Å². The Balaban J connectivity index is 2.58. The van der Waals surface area contributed by atoms with Crippen molar-refractivity contribution in [1.82, 2.24) is 0 Å². The van der Waals surface area contributed by atoms with E-state index in [0.29, 0.717) is 0 Å². The molecule has 0 heterocycles. The van der Waals surface area contributed by atoms with Crippen molar-refractivity contribution in [3.8, 4) is 0 Å². The molecule has 0 aromatic rings. The summed E-state index contributed by atoms with van der Waals surface area (Å²) in [7, 11) is 0. The van der Waals surface area contributed by atoms with Gasteiger partial charge in [0, 0.05) is 0 Å². The smallest absolute Gasteiger partial charge is 0.0781 e. The zero-order chi connectivity index (χ0) is 6.69.